The number of phosphoric acid groups is 1. The van der Waals surface area contributed by atoms with Crippen molar-refractivity contribution in [3.63, 3.8) is 0 Å². The molecule has 0 aromatic heterocycles. The molecule has 2 N–H and O–H groups in total. The van der Waals surface area contributed by atoms with Gasteiger partial charge in [0.15, 0.2) is 0 Å². The Kier molecular flexibility index (Phi) is 49.8. The summed E-state index contributed by atoms with van der Waals surface area (Å²) in [6.45, 7) is 4.56. The number of phosphoric ester groups is 1. The van der Waals surface area contributed by atoms with Crippen LogP contribution in [-0.4, -0.2) is 68.5 Å². The Morgan fingerprint density at radius 2 is 0.884 bits per heavy atom. The maximum absolute atomic E-state index is 13.0. The highest BCUT2D eigenvalue weighted by Gasteiger charge is 2.23. The molecule has 0 bridgehead atoms. The fourth-order valence-corrected chi connectivity index (χ4v) is 9.16. The number of aliphatic hydroxyl groups excluding tert-OH is 1. The molecule has 404 valence electrons. The highest BCUT2D eigenvalue weighted by molar-refractivity contribution is 7.45. The molecule has 0 aromatic carbocycles. The highest BCUT2D eigenvalue weighted by atomic mass is 31.2. The lowest BCUT2D eigenvalue weighted by Crippen LogP contribution is -2.45. The molecule has 0 aliphatic heterocycles. The van der Waals surface area contributed by atoms with Gasteiger partial charge in [0.05, 0.1) is 39.9 Å². The number of nitrogens with one attached hydrogen (secondary N) is 1. The Balaban J connectivity index is 4.22. The molecule has 0 radical (unpaired) electrons. The number of unbranched alkanes of at least 4 members (excludes halogenated alkanes) is 32. The molecule has 1 amide bonds. The van der Waals surface area contributed by atoms with E-state index in [4.69, 9.17) is 9.05 Å². The van der Waals surface area contributed by atoms with Crippen molar-refractivity contribution >= 4 is 13.7 Å². The van der Waals surface area contributed by atoms with Gasteiger partial charge in [-0.05, 0) is 57.8 Å². The van der Waals surface area contributed by atoms with E-state index in [-0.39, 0.29) is 19.1 Å². The van der Waals surface area contributed by atoms with Crippen LogP contribution in [-0.2, 0) is 18.4 Å². The summed E-state index contributed by atoms with van der Waals surface area (Å²) in [5.41, 5.74) is 0. The van der Waals surface area contributed by atoms with Gasteiger partial charge in [0.1, 0.15) is 13.2 Å². The van der Waals surface area contributed by atoms with Crippen LogP contribution in [0.2, 0.25) is 0 Å². The van der Waals surface area contributed by atoms with Crippen molar-refractivity contribution in [1.29, 1.82) is 0 Å². The first-order valence-electron chi connectivity index (χ1n) is 29.2. The smallest absolute Gasteiger partial charge is 0.268 e. The topological polar surface area (TPSA) is 108 Å². The zero-order chi connectivity index (χ0) is 50.6. The number of allylic oxidation sites excluding steroid dienone is 9. The van der Waals surface area contributed by atoms with Crippen molar-refractivity contribution in [2.24, 2.45) is 0 Å². The van der Waals surface area contributed by atoms with Crippen molar-refractivity contribution in [2.45, 2.75) is 276 Å². The summed E-state index contributed by atoms with van der Waals surface area (Å²) in [6.07, 6.45) is 68.6. The Hall–Kier alpha value is -1.80. The number of carbonyl (C=O) groups excluding carboxylic acids is 1. The van der Waals surface area contributed by atoms with Gasteiger partial charge >= 0.3 is 0 Å². The minimum Gasteiger partial charge on any atom is -0.756 e. The third kappa shape index (κ3) is 53.8. The molecule has 0 aliphatic rings. The molecule has 3 atom stereocenters. The molecule has 0 fully saturated rings. The molecule has 0 saturated heterocycles. The molecular weight excluding hydrogens is 876 g/mol. The predicted molar refractivity (Wildman–Crippen MR) is 297 cm³/mol. The largest absolute Gasteiger partial charge is 0.756 e. The van der Waals surface area contributed by atoms with Crippen LogP contribution >= 0.6 is 7.82 Å². The van der Waals surface area contributed by atoms with Crippen LogP contribution in [0.25, 0.3) is 0 Å². The van der Waals surface area contributed by atoms with Gasteiger partial charge < -0.3 is 28.8 Å². The van der Waals surface area contributed by atoms with E-state index in [0.29, 0.717) is 17.4 Å². The molecule has 0 saturated carbocycles. The van der Waals surface area contributed by atoms with E-state index in [9.17, 15) is 19.4 Å². The second kappa shape index (κ2) is 51.1. The molecule has 0 aromatic rings. The molecule has 0 rings (SSSR count). The maximum atomic E-state index is 13.0. The minimum absolute atomic E-state index is 0.00342. The average Bonchev–Trinajstić information content (AvgIpc) is 3.31. The van der Waals surface area contributed by atoms with E-state index >= 15 is 0 Å². The van der Waals surface area contributed by atoms with Crippen LogP contribution in [0.3, 0.4) is 0 Å². The average molecular weight is 990 g/mol. The molecule has 8 nitrogen and oxygen atoms in total. The number of hydrogen-bond acceptors (Lipinski definition) is 6. The van der Waals surface area contributed by atoms with Gasteiger partial charge in [0.2, 0.25) is 5.91 Å². The van der Waals surface area contributed by atoms with E-state index in [1.807, 2.05) is 27.2 Å². The lowest BCUT2D eigenvalue weighted by molar-refractivity contribution is -0.870. The first-order valence-corrected chi connectivity index (χ1v) is 30.6. The molecule has 69 heavy (non-hydrogen) atoms. The van der Waals surface area contributed by atoms with E-state index in [2.05, 4.69) is 67.8 Å². The number of nitrogens with zero attached hydrogens (tertiary/aromatic N) is 1. The number of amides is 1. The summed E-state index contributed by atoms with van der Waals surface area (Å²) in [5, 5.41) is 13.9. The number of quaternary nitrogens is 1. The Morgan fingerprint density at radius 1 is 0.522 bits per heavy atom. The molecule has 0 aliphatic carbocycles. The zero-order valence-electron chi connectivity index (χ0n) is 46.0. The van der Waals surface area contributed by atoms with Crippen molar-refractivity contribution in [3.8, 4) is 0 Å². The van der Waals surface area contributed by atoms with Crippen molar-refractivity contribution < 1.29 is 32.9 Å². The Labute approximate surface area is 428 Å². The zero-order valence-corrected chi connectivity index (χ0v) is 46.9. The van der Waals surface area contributed by atoms with Crippen molar-refractivity contribution in [3.05, 3.63) is 60.8 Å². The van der Waals surface area contributed by atoms with Crippen LogP contribution in [0, 0.1) is 0 Å². The Bertz CT molecular complexity index is 1310. The van der Waals surface area contributed by atoms with Crippen LogP contribution in [0.4, 0.5) is 0 Å². The monoisotopic (exact) mass is 989 g/mol. The van der Waals surface area contributed by atoms with Gasteiger partial charge in [-0.25, -0.2) is 0 Å². The summed E-state index contributed by atoms with van der Waals surface area (Å²) in [7, 11) is 1.26. The van der Waals surface area contributed by atoms with Gasteiger partial charge in [-0.2, -0.15) is 0 Å². The number of rotatable bonds is 53. The predicted octanol–water partition coefficient (Wildman–Crippen LogP) is 17.1. The van der Waals surface area contributed by atoms with E-state index in [1.165, 1.54) is 180 Å². The van der Waals surface area contributed by atoms with Gasteiger partial charge in [-0.15, -0.1) is 0 Å². The normalized spacial score (nSPS) is 14.4. The lowest BCUT2D eigenvalue weighted by atomic mass is 10.0. The maximum Gasteiger partial charge on any atom is 0.268 e. The van der Waals surface area contributed by atoms with E-state index < -0.39 is 20.0 Å². The van der Waals surface area contributed by atoms with Crippen LogP contribution < -0.4 is 10.2 Å². The van der Waals surface area contributed by atoms with Crippen LogP contribution in [0.1, 0.15) is 264 Å². The van der Waals surface area contributed by atoms with E-state index in [1.54, 1.807) is 6.08 Å². The van der Waals surface area contributed by atoms with Gasteiger partial charge in [0, 0.05) is 6.42 Å². The molecular formula is C60H113N2O6P. The van der Waals surface area contributed by atoms with Crippen molar-refractivity contribution in [2.75, 3.05) is 40.9 Å². The highest BCUT2D eigenvalue weighted by Crippen LogP contribution is 2.38. The number of hydrogen-bond donors (Lipinski definition) is 2. The number of aliphatic hydroxyl groups is 1. The molecule has 0 spiro atoms. The van der Waals surface area contributed by atoms with Gasteiger partial charge in [-0.3, -0.25) is 9.36 Å². The van der Waals surface area contributed by atoms with Crippen LogP contribution in [0.15, 0.2) is 60.8 Å². The van der Waals surface area contributed by atoms with Gasteiger partial charge in [-0.1, -0.05) is 261 Å². The third-order valence-corrected chi connectivity index (χ3v) is 13.9. The first kappa shape index (κ1) is 67.2. The molecule has 3 unspecified atom stereocenters. The summed E-state index contributed by atoms with van der Waals surface area (Å²) in [6, 6.07) is -0.892. The van der Waals surface area contributed by atoms with Crippen molar-refractivity contribution in [1.82, 2.24) is 5.32 Å². The SMILES string of the molecule is CC/C=C\C/C=C\C/C=C\C/C=C\CCCCCCCCCCCCC(=O)NC(COP(=O)([O-])OCC[N+](C)(C)C)C(O)/C=C/CCCCCCCCCCCCCCCCCCCCCCCC. The van der Waals surface area contributed by atoms with Crippen LogP contribution in [0.5, 0.6) is 0 Å². The molecule has 9 heteroatoms. The first-order chi connectivity index (χ1) is 33.5. The standard InChI is InChI=1S/C60H113N2O6P/c1-6-8-10-12-14-16-18-20-22-24-26-28-30-32-33-35-37-39-41-43-45-47-49-51-53-59(63)58(57-68-69(65,66)67-56-55-62(3,4)5)61-60(64)54-52-50-48-46-44-42-40-38-36-34-31-29-27-25-23-21-19-17-15-13-11-9-7-2/h9,11,15,17,21,23,27,29,51,53,58-59,63H,6-8,10,12-14,16,18-20,22,24-26,28,30-50,52,54-57H2,1-5H3,(H-,61,64,65,66)/b11-9-,17-15-,23-21-,29-27-,53-51+. The summed E-state index contributed by atoms with van der Waals surface area (Å²) < 4.78 is 23.4. The summed E-state index contributed by atoms with van der Waals surface area (Å²) >= 11 is 0. The minimum atomic E-state index is -4.60. The second-order valence-electron chi connectivity index (χ2n) is 21.0. The second-order valence-corrected chi connectivity index (χ2v) is 22.4. The fourth-order valence-electron chi connectivity index (χ4n) is 8.44. The van der Waals surface area contributed by atoms with Gasteiger partial charge in [0.25, 0.3) is 7.82 Å². The fraction of sp³-hybridized carbons (Fsp3) is 0.817. The lowest BCUT2D eigenvalue weighted by Gasteiger charge is -2.29. The third-order valence-electron chi connectivity index (χ3n) is 13.0. The van der Waals surface area contributed by atoms with E-state index in [0.717, 1.165) is 64.2 Å². The number of carbonyl (C=O) groups is 1. The summed E-state index contributed by atoms with van der Waals surface area (Å²) in [4.78, 5) is 25.5. The Morgan fingerprint density at radius 3 is 1.29 bits per heavy atom. The quantitative estimate of drug-likeness (QED) is 0.0272. The molecule has 0 heterocycles. The number of likely N-dealkylation sites (N-methyl/N-ethyl adjacent to an activating group) is 1. The summed E-state index contributed by atoms with van der Waals surface area (Å²) in [5.74, 6) is -0.201.